The van der Waals surface area contributed by atoms with E-state index in [9.17, 15) is 14.7 Å². The number of hydrogen-bond donors (Lipinski definition) is 3. The van der Waals surface area contributed by atoms with Gasteiger partial charge in [-0.05, 0) is 24.0 Å². The van der Waals surface area contributed by atoms with Gasteiger partial charge in [0, 0.05) is 12.8 Å². The number of amides is 1. The Morgan fingerprint density at radius 2 is 2.17 bits per heavy atom. The third kappa shape index (κ3) is 4.22. The van der Waals surface area contributed by atoms with Crippen LogP contribution in [0.3, 0.4) is 0 Å². The smallest absolute Gasteiger partial charge is 0.342 e. The van der Waals surface area contributed by atoms with Crippen molar-refractivity contribution in [3.05, 3.63) is 29.3 Å². The summed E-state index contributed by atoms with van der Waals surface area (Å²) in [6.07, 6.45) is 0.629. The molecule has 23 heavy (non-hydrogen) atoms. The van der Waals surface area contributed by atoms with E-state index in [4.69, 9.17) is 9.84 Å². The lowest BCUT2D eigenvalue weighted by Crippen LogP contribution is -2.48. The number of phenols is 1. The fourth-order valence-electron chi connectivity index (χ4n) is 2.86. The number of nitrogens with one attached hydrogen (secondary N) is 1. The standard InChI is InChI=1S/C17H23NO5/c1-10(2)8-12(18-15(21)6-7-19)14-9-11-4-3-5-13(20)16(11)17(22)23-14/h3-5,10,12,14,19-20H,6-9H2,1-2H3,(H,18,21). The van der Waals surface area contributed by atoms with Crippen molar-refractivity contribution >= 4 is 11.9 Å². The zero-order valence-corrected chi connectivity index (χ0v) is 13.4. The summed E-state index contributed by atoms with van der Waals surface area (Å²) in [7, 11) is 0. The highest BCUT2D eigenvalue weighted by atomic mass is 16.5. The molecule has 6 nitrogen and oxygen atoms in total. The molecular formula is C17H23NO5. The normalized spacial score (nSPS) is 18.3. The number of aliphatic hydroxyl groups is 1. The molecule has 0 saturated heterocycles. The third-order valence-electron chi connectivity index (χ3n) is 3.87. The summed E-state index contributed by atoms with van der Waals surface area (Å²) in [6.45, 7) is 3.83. The van der Waals surface area contributed by atoms with Crippen molar-refractivity contribution in [2.24, 2.45) is 5.92 Å². The second-order valence-corrected chi connectivity index (χ2v) is 6.24. The van der Waals surface area contributed by atoms with Crippen LogP contribution in [0, 0.1) is 5.92 Å². The molecule has 0 saturated carbocycles. The Bertz CT molecular complexity index is 584. The van der Waals surface area contributed by atoms with E-state index in [0.29, 0.717) is 18.8 Å². The van der Waals surface area contributed by atoms with Gasteiger partial charge in [0.1, 0.15) is 17.4 Å². The van der Waals surface area contributed by atoms with Gasteiger partial charge in [0.2, 0.25) is 5.91 Å². The van der Waals surface area contributed by atoms with E-state index >= 15 is 0 Å². The van der Waals surface area contributed by atoms with Gasteiger partial charge >= 0.3 is 5.97 Å². The zero-order valence-electron chi connectivity index (χ0n) is 13.4. The number of fused-ring (bicyclic) bond motifs is 1. The summed E-state index contributed by atoms with van der Waals surface area (Å²) in [5.74, 6) is -0.621. The van der Waals surface area contributed by atoms with Gasteiger partial charge in [-0.1, -0.05) is 26.0 Å². The Kier molecular flexibility index (Phi) is 5.60. The highest BCUT2D eigenvalue weighted by Gasteiger charge is 2.34. The van der Waals surface area contributed by atoms with Crippen LogP contribution in [0.25, 0.3) is 0 Å². The number of rotatable bonds is 6. The van der Waals surface area contributed by atoms with Gasteiger partial charge in [-0.3, -0.25) is 4.79 Å². The number of ether oxygens (including phenoxy) is 1. The molecule has 0 aromatic heterocycles. The van der Waals surface area contributed by atoms with Crippen molar-refractivity contribution in [2.45, 2.75) is 45.3 Å². The van der Waals surface area contributed by atoms with Gasteiger partial charge in [0.15, 0.2) is 0 Å². The summed E-state index contributed by atoms with van der Waals surface area (Å²) < 4.78 is 5.46. The van der Waals surface area contributed by atoms with E-state index < -0.39 is 12.1 Å². The monoisotopic (exact) mass is 321 g/mol. The van der Waals surface area contributed by atoms with Crippen LogP contribution in [-0.2, 0) is 16.0 Å². The molecule has 0 radical (unpaired) electrons. The lowest BCUT2D eigenvalue weighted by Gasteiger charge is -2.32. The Hall–Kier alpha value is -2.08. The second-order valence-electron chi connectivity index (χ2n) is 6.24. The van der Waals surface area contributed by atoms with Gasteiger partial charge in [0.25, 0.3) is 0 Å². The molecule has 0 spiro atoms. The summed E-state index contributed by atoms with van der Waals surface area (Å²) in [6, 6.07) is 4.60. The maximum absolute atomic E-state index is 12.2. The van der Waals surface area contributed by atoms with Crippen molar-refractivity contribution in [1.82, 2.24) is 5.32 Å². The zero-order chi connectivity index (χ0) is 17.0. The molecule has 1 aliphatic heterocycles. The van der Waals surface area contributed by atoms with E-state index in [-0.39, 0.29) is 36.3 Å². The molecule has 3 N–H and O–H groups in total. The van der Waals surface area contributed by atoms with Crippen molar-refractivity contribution in [3.8, 4) is 5.75 Å². The predicted molar refractivity (Wildman–Crippen MR) is 84.1 cm³/mol. The molecule has 2 atom stereocenters. The fraction of sp³-hybridized carbons (Fsp3) is 0.529. The Morgan fingerprint density at radius 3 is 2.83 bits per heavy atom. The van der Waals surface area contributed by atoms with E-state index in [2.05, 4.69) is 5.32 Å². The Balaban J connectivity index is 2.19. The van der Waals surface area contributed by atoms with E-state index in [1.165, 1.54) is 6.07 Å². The van der Waals surface area contributed by atoms with Gasteiger partial charge in [-0.2, -0.15) is 0 Å². The van der Waals surface area contributed by atoms with Gasteiger partial charge < -0.3 is 20.3 Å². The maximum atomic E-state index is 12.2. The highest BCUT2D eigenvalue weighted by molar-refractivity contribution is 5.95. The first-order valence-electron chi connectivity index (χ1n) is 7.84. The lowest BCUT2D eigenvalue weighted by molar-refractivity contribution is -0.123. The van der Waals surface area contributed by atoms with Gasteiger partial charge in [0.05, 0.1) is 12.6 Å². The minimum absolute atomic E-state index is 0.0205. The van der Waals surface area contributed by atoms with Crippen LogP contribution in [0.1, 0.15) is 42.6 Å². The van der Waals surface area contributed by atoms with Crippen LogP contribution in [0.15, 0.2) is 18.2 Å². The van der Waals surface area contributed by atoms with Gasteiger partial charge in [-0.25, -0.2) is 4.79 Å². The molecule has 1 aliphatic rings. The molecule has 0 bridgehead atoms. The quantitative estimate of drug-likeness (QED) is 0.688. The van der Waals surface area contributed by atoms with E-state index in [1.54, 1.807) is 12.1 Å². The van der Waals surface area contributed by atoms with Crippen LogP contribution in [0.4, 0.5) is 0 Å². The number of aliphatic hydroxyl groups excluding tert-OH is 1. The average Bonchev–Trinajstić information content (AvgIpc) is 2.46. The topological polar surface area (TPSA) is 95.9 Å². The molecule has 0 aliphatic carbocycles. The van der Waals surface area contributed by atoms with Crippen molar-refractivity contribution in [1.29, 1.82) is 0 Å². The minimum atomic E-state index is -0.570. The summed E-state index contributed by atoms with van der Waals surface area (Å²) in [4.78, 5) is 24.0. The van der Waals surface area contributed by atoms with Crippen LogP contribution in [-0.4, -0.2) is 40.8 Å². The number of carbonyl (C=O) groups is 2. The lowest BCUT2D eigenvalue weighted by atomic mass is 9.90. The molecule has 2 unspecified atom stereocenters. The van der Waals surface area contributed by atoms with Crippen LogP contribution in [0.2, 0.25) is 0 Å². The Morgan fingerprint density at radius 1 is 1.43 bits per heavy atom. The SMILES string of the molecule is CC(C)CC(NC(=O)CCO)C1Cc2cccc(O)c2C(=O)O1. The average molecular weight is 321 g/mol. The van der Waals surface area contributed by atoms with Crippen LogP contribution in [0.5, 0.6) is 5.75 Å². The minimum Gasteiger partial charge on any atom is -0.507 e. The Labute approximate surface area is 135 Å². The number of cyclic esters (lactones) is 1. The highest BCUT2D eigenvalue weighted by Crippen LogP contribution is 2.30. The molecule has 2 rings (SSSR count). The van der Waals surface area contributed by atoms with Crippen LogP contribution >= 0.6 is 0 Å². The van der Waals surface area contributed by atoms with Gasteiger partial charge in [-0.15, -0.1) is 0 Å². The van der Waals surface area contributed by atoms with Crippen molar-refractivity contribution in [3.63, 3.8) is 0 Å². The number of carbonyl (C=O) groups excluding carboxylic acids is 2. The van der Waals surface area contributed by atoms with E-state index in [0.717, 1.165) is 5.56 Å². The number of phenolic OH excluding ortho intramolecular Hbond substituents is 1. The molecule has 126 valence electrons. The molecule has 6 heteroatoms. The first-order chi connectivity index (χ1) is 10.9. The summed E-state index contributed by atoms with van der Waals surface area (Å²) >= 11 is 0. The maximum Gasteiger partial charge on any atom is 0.342 e. The van der Waals surface area contributed by atoms with Crippen molar-refractivity contribution in [2.75, 3.05) is 6.61 Å². The number of aromatic hydroxyl groups is 1. The second kappa shape index (κ2) is 7.46. The first-order valence-corrected chi connectivity index (χ1v) is 7.84. The number of benzene rings is 1. The van der Waals surface area contributed by atoms with E-state index in [1.807, 2.05) is 13.8 Å². The van der Waals surface area contributed by atoms with Crippen LogP contribution < -0.4 is 5.32 Å². The summed E-state index contributed by atoms with van der Waals surface area (Å²) in [5.41, 5.74) is 0.921. The third-order valence-corrected chi connectivity index (χ3v) is 3.87. The molecule has 1 aromatic rings. The molecular weight excluding hydrogens is 298 g/mol. The number of esters is 1. The molecule has 1 heterocycles. The molecule has 0 fully saturated rings. The summed E-state index contributed by atoms with van der Waals surface area (Å²) in [5, 5.41) is 21.5. The molecule has 1 aromatic carbocycles. The largest absolute Gasteiger partial charge is 0.507 e. The van der Waals surface area contributed by atoms with Crippen molar-refractivity contribution < 1.29 is 24.5 Å². The predicted octanol–water partition coefficient (Wildman–Crippen LogP) is 1.39. The number of hydrogen-bond acceptors (Lipinski definition) is 5. The molecule has 1 amide bonds. The first kappa shape index (κ1) is 17.3. The fourth-order valence-corrected chi connectivity index (χ4v) is 2.86.